The van der Waals surface area contributed by atoms with E-state index in [1.165, 1.54) is 4.90 Å². The maximum absolute atomic E-state index is 12.5. The van der Waals surface area contributed by atoms with Crippen LogP contribution in [0.5, 0.6) is 0 Å². The van der Waals surface area contributed by atoms with E-state index in [0.29, 0.717) is 11.4 Å². The second-order valence-electron chi connectivity index (χ2n) is 6.60. The molecule has 1 amide bonds. The minimum Gasteiger partial charge on any atom is -0.325 e. The first-order valence-corrected chi connectivity index (χ1v) is 12.7. The molecule has 1 N–H and O–H groups in total. The molecule has 3 aromatic rings. The van der Waals surface area contributed by atoms with Crippen LogP contribution in [0.4, 0.5) is 11.4 Å². The van der Waals surface area contributed by atoms with Gasteiger partial charge in [0.05, 0.1) is 11.9 Å². The number of hydrogen-bond acceptors (Lipinski definition) is 4. The molecule has 3 aromatic carbocycles. The quantitative estimate of drug-likeness (QED) is 0.431. The first-order valence-electron chi connectivity index (χ1n) is 9.11. The summed E-state index contributed by atoms with van der Waals surface area (Å²) in [7, 11) is -3.61. The van der Waals surface area contributed by atoms with Crippen molar-refractivity contribution >= 4 is 55.0 Å². The van der Waals surface area contributed by atoms with Gasteiger partial charge in [0.1, 0.15) is 6.54 Å². The van der Waals surface area contributed by atoms with Gasteiger partial charge in [-0.15, -0.1) is 11.8 Å². The molecule has 0 heterocycles. The summed E-state index contributed by atoms with van der Waals surface area (Å²) in [6, 6.07) is 24.5. The number of nitrogens with one attached hydrogen (secondary N) is 1. The SMILES string of the molecule is CS(=O)(=O)N(CC(=O)Nc1ccc(CSc2ccccc2)cc1)c1cccc(Br)c1. The number of nitrogens with zero attached hydrogens (tertiary/aromatic N) is 1. The van der Waals surface area contributed by atoms with Gasteiger partial charge in [0.25, 0.3) is 0 Å². The van der Waals surface area contributed by atoms with Crippen LogP contribution in [-0.4, -0.2) is 27.1 Å². The van der Waals surface area contributed by atoms with Crippen molar-refractivity contribution in [3.8, 4) is 0 Å². The highest BCUT2D eigenvalue weighted by Gasteiger charge is 2.21. The first kappa shape index (κ1) is 22.4. The van der Waals surface area contributed by atoms with Gasteiger partial charge in [0.2, 0.25) is 15.9 Å². The Morgan fingerprint density at radius 1 is 1.00 bits per heavy atom. The summed E-state index contributed by atoms with van der Waals surface area (Å²) in [5.74, 6) is 0.412. The third-order valence-electron chi connectivity index (χ3n) is 4.17. The second kappa shape index (κ2) is 10.1. The molecule has 0 aliphatic carbocycles. The van der Waals surface area contributed by atoms with Crippen molar-refractivity contribution in [3.63, 3.8) is 0 Å². The van der Waals surface area contributed by atoms with Crippen LogP contribution < -0.4 is 9.62 Å². The van der Waals surface area contributed by atoms with Crippen LogP contribution in [0.15, 0.2) is 88.2 Å². The van der Waals surface area contributed by atoms with Gasteiger partial charge in [-0.2, -0.15) is 0 Å². The zero-order chi connectivity index (χ0) is 21.6. The maximum Gasteiger partial charge on any atom is 0.245 e. The molecule has 0 saturated heterocycles. The van der Waals surface area contributed by atoms with E-state index in [4.69, 9.17) is 0 Å². The number of amides is 1. The molecular formula is C22H21BrN2O3S2. The molecule has 0 bridgehead atoms. The third kappa shape index (κ3) is 6.62. The lowest BCUT2D eigenvalue weighted by Crippen LogP contribution is -2.37. The number of carbonyl (C=O) groups is 1. The number of thioether (sulfide) groups is 1. The molecule has 0 spiro atoms. The van der Waals surface area contributed by atoms with Crippen molar-refractivity contribution in [2.24, 2.45) is 0 Å². The van der Waals surface area contributed by atoms with E-state index in [-0.39, 0.29) is 6.54 Å². The van der Waals surface area contributed by atoms with Crippen molar-refractivity contribution in [2.75, 3.05) is 22.4 Å². The average molecular weight is 505 g/mol. The van der Waals surface area contributed by atoms with E-state index in [1.54, 1.807) is 36.0 Å². The molecule has 5 nitrogen and oxygen atoms in total. The van der Waals surface area contributed by atoms with Crippen molar-refractivity contribution in [1.82, 2.24) is 0 Å². The van der Waals surface area contributed by atoms with E-state index in [2.05, 4.69) is 33.4 Å². The number of anilines is 2. The number of rotatable bonds is 8. The summed E-state index contributed by atoms with van der Waals surface area (Å²) in [4.78, 5) is 13.7. The van der Waals surface area contributed by atoms with E-state index < -0.39 is 15.9 Å². The Labute approximate surface area is 189 Å². The lowest BCUT2D eigenvalue weighted by atomic mass is 10.2. The number of hydrogen-bond donors (Lipinski definition) is 1. The number of halogens is 1. The predicted octanol–water partition coefficient (Wildman–Crippen LogP) is 5.15. The number of carbonyl (C=O) groups excluding carboxylic acids is 1. The minimum atomic E-state index is -3.61. The predicted molar refractivity (Wildman–Crippen MR) is 127 cm³/mol. The van der Waals surface area contributed by atoms with Crippen LogP contribution in [-0.2, 0) is 20.6 Å². The Kier molecular flexibility index (Phi) is 7.58. The average Bonchev–Trinajstić information content (AvgIpc) is 2.71. The topological polar surface area (TPSA) is 66.5 Å². The Morgan fingerprint density at radius 3 is 2.33 bits per heavy atom. The molecule has 0 atom stereocenters. The highest BCUT2D eigenvalue weighted by molar-refractivity contribution is 9.10. The van der Waals surface area contributed by atoms with Crippen molar-refractivity contribution in [1.29, 1.82) is 0 Å². The van der Waals surface area contributed by atoms with Crippen molar-refractivity contribution in [2.45, 2.75) is 10.6 Å². The standard InChI is InChI=1S/C22H21BrN2O3S2/c1-30(27,28)25(20-7-5-6-18(23)14-20)15-22(26)24-19-12-10-17(11-13-19)16-29-21-8-3-2-4-9-21/h2-14H,15-16H2,1H3,(H,24,26). The molecule has 0 fully saturated rings. The smallest absolute Gasteiger partial charge is 0.245 e. The van der Waals surface area contributed by atoms with Gasteiger partial charge in [-0.3, -0.25) is 9.10 Å². The van der Waals surface area contributed by atoms with Crippen LogP contribution in [0.2, 0.25) is 0 Å². The fourth-order valence-corrected chi connectivity index (χ4v) is 4.84. The molecule has 0 aromatic heterocycles. The Bertz CT molecular complexity index is 1100. The number of sulfonamides is 1. The van der Waals surface area contributed by atoms with Crippen molar-refractivity contribution < 1.29 is 13.2 Å². The van der Waals surface area contributed by atoms with E-state index in [1.807, 2.05) is 42.5 Å². The lowest BCUT2D eigenvalue weighted by molar-refractivity contribution is -0.114. The highest BCUT2D eigenvalue weighted by atomic mass is 79.9. The lowest BCUT2D eigenvalue weighted by Gasteiger charge is -2.22. The molecule has 3 rings (SSSR count). The third-order valence-corrected chi connectivity index (χ3v) is 6.89. The Balaban J connectivity index is 1.61. The molecule has 30 heavy (non-hydrogen) atoms. The summed E-state index contributed by atoms with van der Waals surface area (Å²) < 4.78 is 26.2. The largest absolute Gasteiger partial charge is 0.325 e. The minimum absolute atomic E-state index is 0.305. The summed E-state index contributed by atoms with van der Waals surface area (Å²) in [6.07, 6.45) is 1.08. The molecule has 8 heteroatoms. The monoisotopic (exact) mass is 504 g/mol. The number of benzene rings is 3. The summed E-state index contributed by atoms with van der Waals surface area (Å²) >= 11 is 5.07. The molecule has 0 aliphatic heterocycles. The van der Waals surface area contributed by atoms with Gasteiger partial charge in [0, 0.05) is 20.8 Å². The van der Waals surface area contributed by atoms with Crippen LogP contribution in [0.25, 0.3) is 0 Å². The van der Waals surface area contributed by atoms with Crippen molar-refractivity contribution in [3.05, 3.63) is 88.9 Å². The first-order chi connectivity index (χ1) is 14.3. The molecule has 0 unspecified atom stereocenters. The molecular weight excluding hydrogens is 484 g/mol. The van der Waals surface area contributed by atoms with Crippen LogP contribution in [0.1, 0.15) is 5.56 Å². The van der Waals surface area contributed by atoms with E-state index in [9.17, 15) is 13.2 Å². The van der Waals surface area contributed by atoms with Gasteiger partial charge >= 0.3 is 0 Å². The summed E-state index contributed by atoms with van der Waals surface area (Å²) in [5, 5.41) is 2.77. The summed E-state index contributed by atoms with van der Waals surface area (Å²) in [6.45, 7) is -0.305. The Hall–Kier alpha value is -2.29. The zero-order valence-electron chi connectivity index (χ0n) is 16.3. The fourth-order valence-electron chi connectivity index (χ4n) is 2.73. The fraction of sp³-hybridized carbons (Fsp3) is 0.136. The van der Waals surface area contributed by atoms with Crippen LogP contribution >= 0.6 is 27.7 Å². The molecule has 0 saturated carbocycles. The highest BCUT2D eigenvalue weighted by Crippen LogP contribution is 2.24. The van der Waals surface area contributed by atoms with E-state index >= 15 is 0 Å². The van der Waals surface area contributed by atoms with Crippen LogP contribution in [0.3, 0.4) is 0 Å². The van der Waals surface area contributed by atoms with Gasteiger partial charge in [-0.05, 0) is 48.0 Å². The van der Waals surface area contributed by atoms with Crippen LogP contribution in [0, 0.1) is 0 Å². The second-order valence-corrected chi connectivity index (χ2v) is 10.5. The summed E-state index contributed by atoms with van der Waals surface area (Å²) in [5.41, 5.74) is 2.18. The maximum atomic E-state index is 12.5. The normalized spacial score (nSPS) is 11.1. The van der Waals surface area contributed by atoms with E-state index in [0.717, 1.165) is 26.4 Å². The van der Waals surface area contributed by atoms with Gasteiger partial charge in [-0.1, -0.05) is 52.3 Å². The molecule has 0 radical (unpaired) electrons. The Morgan fingerprint density at radius 2 is 1.70 bits per heavy atom. The van der Waals surface area contributed by atoms with Gasteiger partial charge < -0.3 is 5.32 Å². The zero-order valence-corrected chi connectivity index (χ0v) is 19.5. The molecule has 0 aliphatic rings. The van der Waals surface area contributed by atoms with Gasteiger partial charge in [-0.25, -0.2) is 8.42 Å². The molecule has 156 valence electrons. The van der Waals surface area contributed by atoms with Gasteiger partial charge in [0.15, 0.2) is 0 Å².